The number of hydrogen-bond donors (Lipinski definition) is 1. The molecule has 0 atom stereocenters. The van der Waals surface area contributed by atoms with E-state index in [9.17, 15) is 4.79 Å². The summed E-state index contributed by atoms with van der Waals surface area (Å²) >= 11 is 1.58. The largest absolute Gasteiger partial charge is 0.478 e. The van der Waals surface area contributed by atoms with Gasteiger partial charge in [-0.3, -0.25) is 0 Å². The lowest BCUT2D eigenvalue weighted by molar-refractivity contribution is -0.131. The molecule has 1 saturated carbocycles. The van der Waals surface area contributed by atoms with E-state index in [0.717, 1.165) is 28.4 Å². The second-order valence-electron chi connectivity index (χ2n) is 4.64. The summed E-state index contributed by atoms with van der Waals surface area (Å²) in [7, 11) is 0. The Hall–Kier alpha value is -1.13. The lowest BCUT2D eigenvalue weighted by Crippen LogP contribution is -2.04. The molecule has 3 nitrogen and oxygen atoms in total. The summed E-state index contributed by atoms with van der Waals surface area (Å²) in [6, 6.07) is 3.93. The van der Waals surface area contributed by atoms with Crippen LogP contribution in [0.25, 0.3) is 6.08 Å². The Morgan fingerprint density at radius 1 is 1.44 bits per heavy atom. The fourth-order valence-electron chi connectivity index (χ4n) is 2.22. The zero-order valence-corrected chi connectivity index (χ0v) is 11.1. The fraction of sp³-hybridized carbons (Fsp3) is 0.500. The van der Waals surface area contributed by atoms with Crippen LogP contribution in [0.15, 0.2) is 18.2 Å². The molecule has 0 saturated heterocycles. The lowest BCUT2D eigenvalue weighted by Gasteiger charge is -2.08. The number of ether oxygens (including phenoxy) is 1. The van der Waals surface area contributed by atoms with Gasteiger partial charge in [0.1, 0.15) is 0 Å². The van der Waals surface area contributed by atoms with E-state index in [1.54, 1.807) is 17.4 Å². The van der Waals surface area contributed by atoms with Gasteiger partial charge in [-0.25, -0.2) is 4.79 Å². The molecule has 0 unspecified atom stereocenters. The van der Waals surface area contributed by atoms with Crippen molar-refractivity contribution in [3.8, 4) is 0 Å². The highest BCUT2D eigenvalue weighted by molar-refractivity contribution is 7.12. The van der Waals surface area contributed by atoms with Gasteiger partial charge in [-0.2, -0.15) is 0 Å². The minimum atomic E-state index is -0.914. The van der Waals surface area contributed by atoms with Crippen molar-refractivity contribution in [3.05, 3.63) is 28.0 Å². The van der Waals surface area contributed by atoms with Gasteiger partial charge in [-0.1, -0.05) is 12.8 Å². The van der Waals surface area contributed by atoms with Crippen molar-refractivity contribution in [1.82, 2.24) is 0 Å². The summed E-state index contributed by atoms with van der Waals surface area (Å²) in [6.45, 7) is 1.50. The molecule has 0 bridgehead atoms. The average molecular weight is 266 g/mol. The van der Waals surface area contributed by atoms with Gasteiger partial charge >= 0.3 is 5.97 Å². The van der Waals surface area contributed by atoms with Crippen LogP contribution in [0.3, 0.4) is 0 Å². The van der Waals surface area contributed by atoms with Crippen molar-refractivity contribution in [3.63, 3.8) is 0 Å². The molecule has 0 aliphatic heterocycles. The quantitative estimate of drug-likeness (QED) is 0.801. The highest BCUT2D eigenvalue weighted by Crippen LogP contribution is 2.25. The number of aliphatic carboxylic acids is 1. The van der Waals surface area contributed by atoms with E-state index in [4.69, 9.17) is 9.84 Å². The van der Waals surface area contributed by atoms with Crippen LogP contribution < -0.4 is 0 Å². The lowest BCUT2D eigenvalue weighted by atomic mass is 10.1. The minimum Gasteiger partial charge on any atom is -0.478 e. The second kappa shape index (κ2) is 6.71. The molecule has 0 aromatic carbocycles. The molecule has 1 fully saturated rings. The minimum absolute atomic E-state index is 0.641. The second-order valence-corrected chi connectivity index (χ2v) is 5.84. The molecule has 98 valence electrons. The van der Waals surface area contributed by atoms with E-state index in [1.807, 2.05) is 12.1 Å². The van der Waals surface area contributed by atoms with Crippen molar-refractivity contribution in [2.75, 3.05) is 6.61 Å². The smallest absolute Gasteiger partial charge is 0.328 e. The zero-order valence-electron chi connectivity index (χ0n) is 10.3. The molecule has 1 aliphatic carbocycles. The highest BCUT2D eigenvalue weighted by atomic mass is 32.1. The maximum atomic E-state index is 10.4. The van der Waals surface area contributed by atoms with Crippen LogP contribution in [0.4, 0.5) is 0 Å². The van der Waals surface area contributed by atoms with Crippen molar-refractivity contribution >= 4 is 23.4 Å². The molecule has 0 amide bonds. The average Bonchev–Trinajstić information content (AvgIpc) is 2.97. The zero-order chi connectivity index (χ0) is 12.8. The number of thiophene rings is 1. The Kier molecular flexibility index (Phi) is 4.96. The Balaban J connectivity index is 1.74. The summed E-state index contributed by atoms with van der Waals surface area (Å²) in [4.78, 5) is 12.5. The van der Waals surface area contributed by atoms with Gasteiger partial charge < -0.3 is 9.84 Å². The number of carbonyl (C=O) groups is 1. The topological polar surface area (TPSA) is 46.5 Å². The van der Waals surface area contributed by atoms with Gasteiger partial charge in [0.25, 0.3) is 0 Å². The Bertz CT molecular complexity index is 416. The molecule has 1 N–H and O–H groups in total. The third-order valence-corrected chi connectivity index (χ3v) is 4.17. The molecule has 1 aromatic heterocycles. The molecule has 18 heavy (non-hydrogen) atoms. The molecular weight excluding hydrogens is 248 g/mol. The van der Waals surface area contributed by atoms with Gasteiger partial charge in [0, 0.05) is 22.4 Å². The standard InChI is InChI=1S/C14H18O3S/c15-14(16)8-7-12-5-6-13(18-12)10-17-9-11-3-1-2-4-11/h5-8,11H,1-4,9-10H2,(H,15,16). The van der Waals surface area contributed by atoms with Crippen molar-refractivity contribution in [2.45, 2.75) is 32.3 Å². The number of carboxylic acid groups (broad SMARTS) is 1. The van der Waals surface area contributed by atoms with Gasteiger partial charge in [0.2, 0.25) is 0 Å². The fourth-order valence-corrected chi connectivity index (χ4v) is 3.07. The number of carboxylic acids is 1. The summed E-state index contributed by atoms with van der Waals surface area (Å²) in [5, 5.41) is 8.54. The van der Waals surface area contributed by atoms with E-state index in [1.165, 1.54) is 25.7 Å². The SMILES string of the molecule is O=C(O)C=Cc1ccc(COCC2CCCC2)s1. The normalized spacial score (nSPS) is 16.7. The maximum Gasteiger partial charge on any atom is 0.328 e. The summed E-state index contributed by atoms with van der Waals surface area (Å²) in [5.41, 5.74) is 0. The third-order valence-electron chi connectivity index (χ3n) is 3.15. The third kappa shape index (κ3) is 4.27. The highest BCUT2D eigenvalue weighted by Gasteiger charge is 2.14. The molecule has 0 spiro atoms. The van der Waals surface area contributed by atoms with E-state index >= 15 is 0 Å². The van der Waals surface area contributed by atoms with E-state index in [2.05, 4.69) is 0 Å². The van der Waals surface area contributed by atoms with Crippen LogP contribution in [0, 0.1) is 5.92 Å². The van der Waals surface area contributed by atoms with E-state index < -0.39 is 5.97 Å². The molecular formula is C14H18O3S. The summed E-state index contributed by atoms with van der Waals surface area (Å²) in [6.07, 6.45) is 8.07. The summed E-state index contributed by atoms with van der Waals surface area (Å²) < 4.78 is 5.71. The predicted molar refractivity (Wildman–Crippen MR) is 72.6 cm³/mol. The number of hydrogen-bond acceptors (Lipinski definition) is 3. The van der Waals surface area contributed by atoms with Crippen LogP contribution in [0.2, 0.25) is 0 Å². The molecule has 0 radical (unpaired) electrons. The van der Waals surface area contributed by atoms with Crippen molar-refractivity contribution in [2.24, 2.45) is 5.92 Å². The van der Waals surface area contributed by atoms with Crippen LogP contribution in [0.5, 0.6) is 0 Å². The van der Waals surface area contributed by atoms with Gasteiger partial charge in [-0.15, -0.1) is 11.3 Å². The Morgan fingerprint density at radius 2 is 2.22 bits per heavy atom. The van der Waals surface area contributed by atoms with Crippen LogP contribution in [-0.2, 0) is 16.1 Å². The molecule has 1 heterocycles. The first-order chi connectivity index (χ1) is 8.74. The maximum absolute atomic E-state index is 10.4. The van der Waals surface area contributed by atoms with Crippen molar-refractivity contribution < 1.29 is 14.6 Å². The van der Waals surface area contributed by atoms with Crippen molar-refractivity contribution in [1.29, 1.82) is 0 Å². The van der Waals surface area contributed by atoms with E-state index in [0.29, 0.717) is 6.61 Å². The predicted octanol–water partition coefficient (Wildman–Crippen LogP) is 3.55. The molecule has 2 rings (SSSR count). The number of rotatable bonds is 6. The van der Waals surface area contributed by atoms with Gasteiger partial charge in [0.15, 0.2) is 0 Å². The first kappa shape index (κ1) is 13.3. The van der Waals surface area contributed by atoms with Crippen LogP contribution in [0.1, 0.15) is 35.4 Å². The monoisotopic (exact) mass is 266 g/mol. The molecule has 4 heteroatoms. The first-order valence-corrected chi connectivity index (χ1v) is 7.13. The molecule has 1 aliphatic rings. The first-order valence-electron chi connectivity index (χ1n) is 6.31. The molecule has 1 aromatic rings. The van der Waals surface area contributed by atoms with Crippen LogP contribution >= 0.6 is 11.3 Å². The summed E-state index contributed by atoms with van der Waals surface area (Å²) in [5.74, 6) is -0.168. The van der Waals surface area contributed by atoms with Gasteiger partial charge in [0.05, 0.1) is 6.61 Å². The van der Waals surface area contributed by atoms with Crippen LogP contribution in [-0.4, -0.2) is 17.7 Å². The Labute approximate surface area is 111 Å². The van der Waals surface area contributed by atoms with Gasteiger partial charge in [-0.05, 0) is 37.0 Å². The van der Waals surface area contributed by atoms with E-state index in [-0.39, 0.29) is 0 Å². The Morgan fingerprint density at radius 3 is 2.94 bits per heavy atom.